The van der Waals surface area contributed by atoms with Gasteiger partial charge >= 0.3 is 0 Å². The number of hydrogen-bond donors (Lipinski definition) is 3. The third-order valence-corrected chi connectivity index (χ3v) is 7.91. The summed E-state index contributed by atoms with van der Waals surface area (Å²) in [6.07, 6.45) is 5.43. The monoisotopic (exact) mass is 455 g/mol. The minimum atomic E-state index is -0.229. The van der Waals surface area contributed by atoms with Crippen LogP contribution in [0.15, 0.2) is 48.7 Å². The summed E-state index contributed by atoms with van der Waals surface area (Å²) in [5.41, 5.74) is 24.4. The van der Waals surface area contributed by atoms with Crippen molar-refractivity contribution >= 4 is 28.9 Å². The van der Waals surface area contributed by atoms with Crippen molar-refractivity contribution in [2.75, 3.05) is 40.9 Å². The van der Waals surface area contributed by atoms with Gasteiger partial charge in [0.15, 0.2) is 11.5 Å². The van der Waals surface area contributed by atoms with Crippen LogP contribution in [-0.4, -0.2) is 35.5 Å². The van der Waals surface area contributed by atoms with Crippen LogP contribution < -0.4 is 27.0 Å². The van der Waals surface area contributed by atoms with Gasteiger partial charge in [0.25, 0.3) is 5.91 Å². The van der Waals surface area contributed by atoms with E-state index in [4.69, 9.17) is 17.2 Å². The van der Waals surface area contributed by atoms with Crippen molar-refractivity contribution in [2.24, 2.45) is 11.1 Å². The SMILES string of the molecule is Nc1ccc2c(c1)CCN2C(=O)c1ncc(N2CCC3(CC2)Cc2ccccc2[C@H]3N)nc1N. The first-order valence-electron chi connectivity index (χ1n) is 11.9. The first kappa shape index (κ1) is 20.9. The molecule has 6 rings (SSSR count). The smallest absolute Gasteiger partial charge is 0.280 e. The Morgan fingerprint density at radius 3 is 2.59 bits per heavy atom. The molecule has 1 amide bonds. The molecule has 3 heterocycles. The Morgan fingerprint density at radius 1 is 1.03 bits per heavy atom. The first-order chi connectivity index (χ1) is 16.4. The maximum Gasteiger partial charge on any atom is 0.280 e. The molecular formula is C26H29N7O. The molecule has 0 radical (unpaired) electrons. The van der Waals surface area contributed by atoms with Gasteiger partial charge in [0.05, 0.1) is 6.20 Å². The number of nitrogen functional groups attached to an aromatic ring is 2. The Kier molecular flexibility index (Phi) is 4.74. The molecule has 1 aliphatic carbocycles. The molecule has 0 saturated carbocycles. The predicted octanol–water partition coefficient (Wildman–Crippen LogP) is 2.69. The molecular weight excluding hydrogens is 426 g/mol. The van der Waals surface area contributed by atoms with E-state index in [1.54, 1.807) is 17.2 Å². The van der Waals surface area contributed by atoms with Crippen LogP contribution in [0.2, 0.25) is 0 Å². The number of carbonyl (C=O) groups is 1. The van der Waals surface area contributed by atoms with Crippen molar-refractivity contribution in [1.82, 2.24) is 9.97 Å². The molecule has 1 fully saturated rings. The van der Waals surface area contributed by atoms with Gasteiger partial charge < -0.3 is 27.0 Å². The van der Waals surface area contributed by atoms with Crippen molar-refractivity contribution in [1.29, 1.82) is 0 Å². The lowest BCUT2D eigenvalue weighted by Gasteiger charge is -2.42. The summed E-state index contributed by atoms with van der Waals surface area (Å²) >= 11 is 0. The number of hydrogen-bond acceptors (Lipinski definition) is 7. The minimum absolute atomic E-state index is 0.0701. The van der Waals surface area contributed by atoms with E-state index in [0.29, 0.717) is 18.1 Å². The van der Waals surface area contributed by atoms with Gasteiger partial charge in [0.1, 0.15) is 5.82 Å². The normalized spacial score (nSPS) is 20.4. The van der Waals surface area contributed by atoms with Crippen LogP contribution in [-0.2, 0) is 12.8 Å². The molecule has 2 aliphatic heterocycles. The molecule has 0 bridgehead atoms. The van der Waals surface area contributed by atoms with Crippen LogP contribution in [0.3, 0.4) is 0 Å². The number of amides is 1. The van der Waals surface area contributed by atoms with Crippen LogP contribution in [0.1, 0.15) is 46.1 Å². The summed E-state index contributed by atoms with van der Waals surface area (Å²) in [5, 5.41) is 0. The lowest BCUT2D eigenvalue weighted by molar-refractivity contribution is 0.0985. The van der Waals surface area contributed by atoms with E-state index in [0.717, 1.165) is 50.0 Å². The Bertz CT molecular complexity index is 1280. The van der Waals surface area contributed by atoms with Crippen LogP contribution in [0.4, 0.5) is 23.0 Å². The Labute approximate surface area is 198 Å². The number of nitrogens with two attached hydrogens (primary N) is 3. The molecule has 2 aromatic carbocycles. The minimum Gasteiger partial charge on any atom is -0.399 e. The number of anilines is 4. The van der Waals surface area contributed by atoms with Gasteiger partial charge in [-0.15, -0.1) is 0 Å². The van der Waals surface area contributed by atoms with Crippen molar-refractivity contribution in [3.8, 4) is 0 Å². The molecule has 1 aromatic heterocycles. The van der Waals surface area contributed by atoms with Crippen molar-refractivity contribution in [3.63, 3.8) is 0 Å². The second-order valence-corrected chi connectivity index (χ2v) is 9.76. The lowest BCUT2D eigenvalue weighted by Crippen LogP contribution is -2.44. The van der Waals surface area contributed by atoms with Crippen LogP contribution >= 0.6 is 0 Å². The molecule has 8 nitrogen and oxygen atoms in total. The highest BCUT2D eigenvalue weighted by molar-refractivity contribution is 6.08. The third-order valence-electron chi connectivity index (χ3n) is 7.91. The standard InChI is InChI=1S/C26H29N7O/c27-18-5-6-20-16(13-18)7-10-33(20)25(34)22-24(29)31-21(15-30-22)32-11-8-26(9-12-32)14-17-3-1-2-4-19(17)23(26)28/h1-6,13,15,23H,7-12,14,27-28H2,(H2,29,31)/t23-/m1/s1. The van der Waals surface area contributed by atoms with E-state index in [1.807, 2.05) is 12.1 Å². The van der Waals surface area contributed by atoms with Gasteiger partial charge in [-0.3, -0.25) is 4.79 Å². The van der Waals surface area contributed by atoms with E-state index >= 15 is 0 Å². The zero-order chi connectivity index (χ0) is 23.4. The number of carbonyl (C=O) groups excluding carboxylic acids is 1. The average Bonchev–Trinajstić information content (AvgIpc) is 3.38. The summed E-state index contributed by atoms with van der Waals surface area (Å²) in [5.74, 6) is 0.645. The van der Waals surface area contributed by atoms with E-state index in [2.05, 4.69) is 39.1 Å². The maximum atomic E-state index is 13.2. The van der Waals surface area contributed by atoms with E-state index in [1.165, 1.54) is 11.1 Å². The van der Waals surface area contributed by atoms with E-state index in [9.17, 15) is 4.79 Å². The van der Waals surface area contributed by atoms with Gasteiger partial charge in [-0.05, 0) is 66.0 Å². The molecule has 3 aromatic rings. The second-order valence-electron chi connectivity index (χ2n) is 9.76. The van der Waals surface area contributed by atoms with Gasteiger partial charge in [-0.1, -0.05) is 24.3 Å². The summed E-state index contributed by atoms with van der Waals surface area (Å²) in [6.45, 7) is 2.26. The third kappa shape index (κ3) is 3.20. The number of fused-ring (bicyclic) bond motifs is 2. The molecule has 3 aliphatic rings. The van der Waals surface area contributed by atoms with Gasteiger partial charge in [-0.25, -0.2) is 9.97 Å². The zero-order valence-electron chi connectivity index (χ0n) is 19.1. The zero-order valence-corrected chi connectivity index (χ0v) is 19.1. The Morgan fingerprint density at radius 2 is 1.82 bits per heavy atom. The summed E-state index contributed by atoms with van der Waals surface area (Å²) < 4.78 is 0. The first-order valence-corrected chi connectivity index (χ1v) is 11.9. The second kappa shape index (κ2) is 7.70. The molecule has 0 unspecified atom stereocenters. The Balaban J connectivity index is 1.17. The van der Waals surface area contributed by atoms with E-state index in [-0.39, 0.29) is 28.9 Å². The number of benzene rings is 2. The molecule has 34 heavy (non-hydrogen) atoms. The fourth-order valence-electron chi connectivity index (χ4n) is 5.96. The number of aromatic nitrogens is 2. The molecule has 1 atom stereocenters. The summed E-state index contributed by atoms with van der Waals surface area (Å²) in [4.78, 5) is 26.1. The van der Waals surface area contributed by atoms with Crippen LogP contribution in [0.25, 0.3) is 0 Å². The molecule has 1 saturated heterocycles. The predicted molar refractivity (Wildman–Crippen MR) is 134 cm³/mol. The van der Waals surface area contributed by atoms with Crippen LogP contribution in [0.5, 0.6) is 0 Å². The van der Waals surface area contributed by atoms with E-state index < -0.39 is 0 Å². The van der Waals surface area contributed by atoms with Crippen molar-refractivity contribution in [2.45, 2.75) is 31.7 Å². The number of nitrogens with zero attached hydrogens (tertiary/aromatic N) is 4. The molecule has 6 N–H and O–H groups in total. The Hall–Kier alpha value is -3.65. The van der Waals surface area contributed by atoms with Gasteiger partial charge in [0.2, 0.25) is 0 Å². The highest BCUT2D eigenvalue weighted by atomic mass is 16.2. The van der Waals surface area contributed by atoms with Gasteiger partial charge in [-0.2, -0.15) is 0 Å². The van der Waals surface area contributed by atoms with Crippen molar-refractivity contribution in [3.05, 3.63) is 71.0 Å². The largest absolute Gasteiger partial charge is 0.399 e. The van der Waals surface area contributed by atoms with Crippen LogP contribution in [0, 0.1) is 5.41 Å². The van der Waals surface area contributed by atoms with Crippen molar-refractivity contribution < 1.29 is 4.79 Å². The molecule has 8 heteroatoms. The fourth-order valence-corrected chi connectivity index (χ4v) is 5.96. The van der Waals surface area contributed by atoms with Gasteiger partial charge in [0, 0.05) is 37.1 Å². The highest BCUT2D eigenvalue weighted by Crippen LogP contribution is 2.50. The summed E-state index contributed by atoms with van der Waals surface area (Å²) in [6, 6.07) is 14.2. The topological polar surface area (TPSA) is 127 Å². The molecule has 174 valence electrons. The number of rotatable bonds is 2. The average molecular weight is 456 g/mol. The number of piperidine rings is 1. The molecule has 1 spiro atoms. The highest BCUT2D eigenvalue weighted by Gasteiger charge is 2.46. The fraction of sp³-hybridized carbons (Fsp3) is 0.346. The summed E-state index contributed by atoms with van der Waals surface area (Å²) in [7, 11) is 0. The maximum absolute atomic E-state index is 13.2. The lowest BCUT2D eigenvalue weighted by atomic mass is 9.73. The quantitative estimate of drug-likeness (QED) is 0.507.